The van der Waals surface area contributed by atoms with Crippen LogP contribution in [0.2, 0.25) is 0 Å². The van der Waals surface area contributed by atoms with Crippen LogP contribution in [0.1, 0.15) is 31.7 Å². The molecule has 1 aliphatic rings. The molecule has 7 heteroatoms. The van der Waals surface area contributed by atoms with Gasteiger partial charge in [0, 0.05) is 26.7 Å². The van der Waals surface area contributed by atoms with Crippen molar-refractivity contribution in [1.29, 1.82) is 5.26 Å². The van der Waals surface area contributed by atoms with Crippen LogP contribution in [0.15, 0.2) is 30.3 Å². The number of hydrogen-bond donors (Lipinski definition) is 0. The molecule has 0 bridgehead atoms. The van der Waals surface area contributed by atoms with Crippen molar-refractivity contribution in [3.63, 3.8) is 0 Å². The lowest BCUT2D eigenvalue weighted by Gasteiger charge is -2.42. The van der Waals surface area contributed by atoms with Crippen LogP contribution in [0, 0.1) is 11.3 Å². The summed E-state index contributed by atoms with van der Waals surface area (Å²) in [5.74, 6) is 0.0314. The van der Waals surface area contributed by atoms with Crippen LogP contribution >= 0.6 is 0 Å². The molecule has 0 spiro atoms. The normalized spacial score (nSPS) is 17.6. The topological polar surface area (TPSA) is 81.5 Å². The first-order chi connectivity index (χ1) is 11.9. The lowest BCUT2D eigenvalue weighted by atomic mass is 9.72. The molecule has 1 heterocycles. The Hall–Kier alpha value is -1.91. The number of carbonyl (C=O) groups excluding carboxylic acids is 1. The zero-order chi connectivity index (χ0) is 18.5. The van der Waals surface area contributed by atoms with Gasteiger partial charge in [-0.05, 0) is 25.3 Å². The summed E-state index contributed by atoms with van der Waals surface area (Å²) in [7, 11) is -1.54. The van der Waals surface area contributed by atoms with Gasteiger partial charge in [0.05, 0.1) is 23.7 Å². The van der Waals surface area contributed by atoms with E-state index in [1.54, 1.807) is 18.9 Å². The van der Waals surface area contributed by atoms with Gasteiger partial charge in [-0.25, -0.2) is 12.7 Å². The summed E-state index contributed by atoms with van der Waals surface area (Å²) >= 11 is 0. The molecule has 136 valence electrons. The van der Waals surface area contributed by atoms with Gasteiger partial charge in [-0.3, -0.25) is 4.79 Å². The van der Waals surface area contributed by atoms with Crippen molar-refractivity contribution < 1.29 is 13.2 Å². The highest BCUT2D eigenvalue weighted by molar-refractivity contribution is 7.89. The standard InChI is InChI=1S/C18H25N3O3S/c1-3-25(23,24)21-14-10-18(11-15-21,16-8-5-4-6-9-16)17(22)20(2)13-7-12-19/h4-6,8-9H,3,7,10-11,13-15H2,1-2H3. The van der Waals surface area contributed by atoms with Gasteiger partial charge in [0.1, 0.15) is 0 Å². The molecule has 0 aliphatic carbocycles. The predicted octanol–water partition coefficient (Wildman–Crippen LogP) is 1.74. The Morgan fingerprint density at radius 1 is 1.28 bits per heavy atom. The first kappa shape index (κ1) is 19.4. The van der Waals surface area contributed by atoms with Gasteiger partial charge in [0.25, 0.3) is 0 Å². The lowest BCUT2D eigenvalue weighted by molar-refractivity contribution is -0.137. The number of benzene rings is 1. The quantitative estimate of drug-likeness (QED) is 0.771. The van der Waals surface area contributed by atoms with Crippen LogP contribution in [0.25, 0.3) is 0 Å². The molecule has 1 amide bonds. The highest BCUT2D eigenvalue weighted by Gasteiger charge is 2.45. The molecule has 1 aromatic rings. The molecule has 0 saturated carbocycles. The van der Waals surface area contributed by atoms with Gasteiger partial charge < -0.3 is 4.90 Å². The van der Waals surface area contributed by atoms with Crippen molar-refractivity contribution in [2.45, 2.75) is 31.6 Å². The van der Waals surface area contributed by atoms with Crippen LogP contribution in [0.5, 0.6) is 0 Å². The molecule has 25 heavy (non-hydrogen) atoms. The van der Waals surface area contributed by atoms with Gasteiger partial charge in [-0.1, -0.05) is 30.3 Å². The van der Waals surface area contributed by atoms with Gasteiger partial charge >= 0.3 is 0 Å². The molecule has 1 saturated heterocycles. The average molecular weight is 363 g/mol. The second-order valence-electron chi connectivity index (χ2n) is 6.38. The second-order valence-corrected chi connectivity index (χ2v) is 8.64. The summed E-state index contributed by atoms with van der Waals surface area (Å²) in [5.41, 5.74) is 0.183. The molecular formula is C18H25N3O3S. The molecule has 0 atom stereocenters. The van der Waals surface area contributed by atoms with E-state index in [4.69, 9.17) is 5.26 Å². The Morgan fingerprint density at radius 3 is 2.40 bits per heavy atom. The molecule has 6 nitrogen and oxygen atoms in total. The molecule has 1 aromatic carbocycles. The van der Waals surface area contributed by atoms with Gasteiger partial charge in [-0.2, -0.15) is 5.26 Å². The minimum absolute atomic E-state index is 0.0394. The van der Waals surface area contributed by atoms with Crippen molar-refractivity contribution in [3.05, 3.63) is 35.9 Å². The smallest absolute Gasteiger partial charge is 0.233 e. The summed E-state index contributed by atoms with van der Waals surface area (Å²) in [6, 6.07) is 11.6. The van der Waals surface area contributed by atoms with Gasteiger partial charge in [-0.15, -0.1) is 0 Å². The molecule has 0 radical (unpaired) electrons. The maximum atomic E-state index is 13.2. The summed E-state index contributed by atoms with van der Waals surface area (Å²) in [6.07, 6.45) is 1.18. The molecule has 1 aliphatic heterocycles. The fourth-order valence-corrected chi connectivity index (χ4v) is 4.50. The van der Waals surface area contributed by atoms with E-state index >= 15 is 0 Å². The number of piperidine rings is 1. The Morgan fingerprint density at radius 2 is 1.88 bits per heavy atom. The molecule has 1 fully saturated rings. The van der Waals surface area contributed by atoms with Crippen LogP contribution in [-0.4, -0.2) is 56.0 Å². The van der Waals surface area contributed by atoms with E-state index < -0.39 is 15.4 Å². The third kappa shape index (κ3) is 4.02. The highest BCUT2D eigenvalue weighted by atomic mass is 32.2. The van der Waals surface area contributed by atoms with Crippen molar-refractivity contribution in [1.82, 2.24) is 9.21 Å². The molecule has 0 N–H and O–H groups in total. The van der Waals surface area contributed by atoms with Crippen LogP contribution in [0.4, 0.5) is 0 Å². The van der Waals surface area contributed by atoms with E-state index in [9.17, 15) is 13.2 Å². The average Bonchev–Trinajstić information content (AvgIpc) is 2.66. The van der Waals surface area contributed by atoms with Crippen molar-refractivity contribution in [3.8, 4) is 6.07 Å². The zero-order valence-corrected chi connectivity index (χ0v) is 15.6. The number of sulfonamides is 1. The van der Waals surface area contributed by atoms with E-state index in [0.717, 1.165) is 5.56 Å². The van der Waals surface area contributed by atoms with Gasteiger partial charge in [0.2, 0.25) is 15.9 Å². The predicted molar refractivity (Wildman–Crippen MR) is 96.3 cm³/mol. The molecular weight excluding hydrogens is 338 g/mol. The summed E-state index contributed by atoms with van der Waals surface area (Å²) < 4.78 is 25.8. The fourth-order valence-electron chi connectivity index (χ4n) is 3.40. The number of hydrogen-bond acceptors (Lipinski definition) is 4. The number of carbonyl (C=O) groups is 1. The van der Waals surface area contributed by atoms with Crippen molar-refractivity contribution in [2.75, 3.05) is 32.4 Å². The summed E-state index contributed by atoms with van der Waals surface area (Å²) in [5, 5.41) is 8.78. The summed E-state index contributed by atoms with van der Waals surface area (Å²) in [4.78, 5) is 14.8. The third-order valence-corrected chi connectivity index (χ3v) is 6.86. The minimum atomic E-state index is -3.25. The zero-order valence-electron chi connectivity index (χ0n) is 14.8. The van der Waals surface area contributed by atoms with E-state index in [1.165, 1.54) is 4.31 Å². The van der Waals surface area contributed by atoms with E-state index in [1.807, 2.05) is 30.3 Å². The number of likely N-dealkylation sites (N-methyl/N-ethyl adjacent to an activating group) is 1. The highest BCUT2D eigenvalue weighted by Crippen LogP contribution is 2.38. The number of nitrogens with zero attached hydrogens (tertiary/aromatic N) is 3. The molecule has 0 unspecified atom stereocenters. The van der Waals surface area contributed by atoms with Crippen LogP contribution in [-0.2, 0) is 20.2 Å². The van der Waals surface area contributed by atoms with Crippen LogP contribution < -0.4 is 0 Å². The maximum Gasteiger partial charge on any atom is 0.233 e. The number of nitriles is 1. The summed E-state index contributed by atoms with van der Waals surface area (Å²) in [6.45, 7) is 2.68. The number of rotatable bonds is 6. The first-order valence-electron chi connectivity index (χ1n) is 8.53. The fraction of sp³-hybridized carbons (Fsp3) is 0.556. The minimum Gasteiger partial charge on any atom is -0.344 e. The van der Waals surface area contributed by atoms with Crippen molar-refractivity contribution in [2.24, 2.45) is 0 Å². The number of amides is 1. The monoisotopic (exact) mass is 363 g/mol. The maximum absolute atomic E-state index is 13.2. The third-order valence-electron chi connectivity index (χ3n) is 4.98. The largest absolute Gasteiger partial charge is 0.344 e. The first-order valence-corrected chi connectivity index (χ1v) is 10.1. The molecule has 2 rings (SSSR count). The Balaban J connectivity index is 2.31. The second kappa shape index (κ2) is 7.98. The van der Waals surface area contributed by atoms with E-state index in [0.29, 0.717) is 32.5 Å². The Labute approximate surface area is 150 Å². The molecule has 0 aromatic heterocycles. The lowest BCUT2D eigenvalue weighted by Crippen LogP contribution is -2.53. The van der Waals surface area contributed by atoms with E-state index in [-0.39, 0.29) is 18.1 Å². The Bertz CT molecular complexity index is 733. The van der Waals surface area contributed by atoms with Crippen molar-refractivity contribution >= 4 is 15.9 Å². The van der Waals surface area contributed by atoms with Crippen LogP contribution in [0.3, 0.4) is 0 Å². The SMILES string of the molecule is CCS(=O)(=O)N1CCC(C(=O)N(C)CCC#N)(c2ccccc2)CC1. The van der Waals surface area contributed by atoms with E-state index in [2.05, 4.69) is 6.07 Å². The Kier molecular flexibility index (Phi) is 6.20. The van der Waals surface area contributed by atoms with Gasteiger partial charge in [0.15, 0.2) is 0 Å².